The molecule has 6 nitrogen and oxygen atoms in total. The smallest absolute Gasteiger partial charge is 0.325 e. The summed E-state index contributed by atoms with van der Waals surface area (Å²) in [6.45, 7) is 0.171. The van der Waals surface area contributed by atoms with Crippen LogP contribution in [-0.2, 0) is 28.0 Å². The van der Waals surface area contributed by atoms with Crippen LogP contribution in [0, 0.1) is 0 Å². The molecule has 3 aromatic carbocycles. The fourth-order valence-corrected chi connectivity index (χ4v) is 4.18. The average molecular weight is 442 g/mol. The summed E-state index contributed by atoms with van der Waals surface area (Å²) in [6.07, 6.45) is 1.92. The zero-order valence-electron chi connectivity index (χ0n) is 18.4. The Morgan fingerprint density at radius 1 is 0.818 bits per heavy atom. The molecule has 0 aliphatic carbocycles. The molecule has 6 heteroatoms. The second-order valence-corrected chi connectivity index (χ2v) is 8.19. The van der Waals surface area contributed by atoms with Gasteiger partial charge < -0.3 is 10.6 Å². The summed E-state index contributed by atoms with van der Waals surface area (Å²) < 4.78 is 0. The Morgan fingerprint density at radius 3 is 2.03 bits per heavy atom. The van der Waals surface area contributed by atoms with Crippen molar-refractivity contribution in [3.8, 4) is 0 Å². The standard InChI is InChI=1S/C27H27N3O3/c31-24(28-18-10-15-21-11-4-1-5-12-21)20-30-25(32)27(29-26(30)33,23-16-8-3-9-17-23)19-22-13-6-2-7-14-22/h1-9,11-14,16-17H,10,15,18-20H2,(H,28,31)(H,29,33). The van der Waals surface area contributed by atoms with Crippen molar-refractivity contribution in [2.75, 3.05) is 13.1 Å². The lowest BCUT2D eigenvalue weighted by molar-refractivity contribution is -0.135. The maximum atomic E-state index is 13.6. The molecule has 4 rings (SSSR count). The third-order valence-electron chi connectivity index (χ3n) is 5.86. The van der Waals surface area contributed by atoms with Gasteiger partial charge in [0, 0.05) is 13.0 Å². The average Bonchev–Trinajstić information content (AvgIpc) is 3.08. The molecule has 1 saturated heterocycles. The number of carbonyl (C=O) groups excluding carboxylic acids is 3. The van der Waals surface area contributed by atoms with Crippen molar-refractivity contribution in [3.63, 3.8) is 0 Å². The van der Waals surface area contributed by atoms with Crippen LogP contribution >= 0.6 is 0 Å². The number of rotatable bonds is 9. The minimum absolute atomic E-state index is 0.303. The number of carbonyl (C=O) groups is 3. The van der Waals surface area contributed by atoms with Gasteiger partial charge in [-0.3, -0.25) is 14.5 Å². The number of imide groups is 1. The molecule has 2 N–H and O–H groups in total. The topological polar surface area (TPSA) is 78.5 Å². The molecule has 1 aliphatic heterocycles. The van der Waals surface area contributed by atoms with Crippen LogP contribution < -0.4 is 10.6 Å². The van der Waals surface area contributed by atoms with E-state index in [1.807, 2.05) is 91.0 Å². The van der Waals surface area contributed by atoms with E-state index in [4.69, 9.17) is 0 Å². The molecular formula is C27H27N3O3. The SMILES string of the molecule is O=C(CN1C(=O)NC(Cc2ccccc2)(c2ccccc2)C1=O)NCCCc1ccccc1. The van der Waals surface area contributed by atoms with Gasteiger partial charge in [0.1, 0.15) is 6.54 Å². The van der Waals surface area contributed by atoms with Gasteiger partial charge in [0.25, 0.3) is 5.91 Å². The van der Waals surface area contributed by atoms with Crippen molar-refractivity contribution in [1.82, 2.24) is 15.5 Å². The first-order chi connectivity index (χ1) is 16.1. The molecule has 0 saturated carbocycles. The minimum Gasteiger partial charge on any atom is -0.355 e. The van der Waals surface area contributed by atoms with Gasteiger partial charge in [-0.15, -0.1) is 0 Å². The number of amides is 4. The lowest BCUT2D eigenvalue weighted by Crippen LogP contribution is -2.47. The number of nitrogens with one attached hydrogen (secondary N) is 2. The molecule has 168 valence electrons. The van der Waals surface area contributed by atoms with Gasteiger partial charge in [-0.2, -0.15) is 0 Å². The van der Waals surface area contributed by atoms with E-state index in [1.165, 1.54) is 5.56 Å². The third-order valence-corrected chi connectivity index (χ3v) is 5.86. The van der Waals surface area contributed by atoms with Gasteiger partial charge in [-0.05, 0) is 29.5 Å². The van der Waals surface area contributed by atoms with Gasteiger partial charge in [-0.25, -0.2) is 4.79 Å². The molecule has 1 unspecified atom stereocenters. The summed E-state index contributed by atoms with van der Waals surface area (Å²) >= 11 is 0. The normalized spacial score (nSPS) is 17.6. The molecule has 0 spiro atoms. The highest BCUT2D eigenvalue weighted by Crippen LogP contribution is 2.32. The van der Waals surface area contributed by atoms with Crippen molar-refractivity contribution in [2.45, 2.75) is 24.8 Å². The van der Waals surface area contributed by atoms with E-state index < -0.39 is 17.5 Å². The van der Waals surface area contributed by atoms with E-state index in [0.717, 1.165) is 23.3 Å². The summed E-state index contributed by atoms with van der Waals surface area (Å²) in [5, 5.41) is 5.71. The Bertz CT molecular complexity index is 1100. The monoisotopic (exact) mass is 441 g/mol. The maximum absolute atomic E-state index is 13.6. The number of benzene rings is 3. The fourth-order valence-electron chi connectivity index (χ4n) is 4.18. The first kappa shape index (κ1) is 22.3. The summed E-state index contributed by atoms with van der Waals surface area (Å²) in [5.41, 5.74) is 1.57. The van der Waals surface area contributed by atoms with Crippen LogP contribution in [0.15, 0.2) is 91.0 Å². The Hall–Kier alpha value is -3.93. The molecule has 33 heavy (non-hydrogen) atoms. The highest BCUT2D eigenvalue weighted by Gasteiger charge is 2.52. The molecule has 1 heterocycles. The van der Waals surface area contributed by atoms with E-state index in [-0.39, 0.29) is 12.5 Å². The van der Waals surface area contributed by atoms with Crippen LogP contribution in [0.25, 0.3) is 0 Å². The van der Waals surface area contributed by atoms with Crippen molar-refractivity contribution < 1.29 is 14.4 Å². The molecule has 1 atom stereocenters. The van der Waals surface area contributed by atoms with E-state index in [9.17, 15) is 14.4 Å². The highest BCUT2D eigenvalue weighted by molar-refractivity contribution is 6.09. The summed E-state index contributed by atoms with van der Waals surface area (Å²) in [5.74, 6) is -0.767. The summed E-state index contributed by atoms with van der Waals surface area (Å²) in [7, 11) is 0. The molecule has 1 fully saturated rings. The lowest BCUT2D eigenvalue weighted by atomic mass is 9.83. The Labute approximate surface area is 193 Å². The zero-order valence-corrected chi connectivity index (χ0v) is 18.4. The van der Waals surface area contributed by atoms with Gasteiger partial charge in [-0.1, -0.05) is 91.0 Å². The summed E-state index contributed by atoms with van der Waals surface area (Å²) in [6, 6.07) is 28.2. The van der Waals surface area contributed by atoms with Gasteiger partial charge in [0.2, 0.25) is 5.91 Å². The second kappa shape index (κ2) is 10.1. The molecule has 3 aromatic rings. The van der Waals surface area contributed by atoms with Crippen LogP contribution in [0.5, 0.6) is 0 Å². The maximum Gasteiger partial charge on any atom is 0.325 e. The molecule has 1 aliphatic rings. The number of nitrogens with zero attached hydrogens (tertiary/aromatic N) is 1. The molecule has 4 amide bonds. The van der Waals surface area contributed by atoms with Crippen molar-refractivity contribution >= 4 is 17.8 Å². The van der Waals surface area contributed by atoms with Crippen molar-refractivity contribution in [2.24, 2.45) is 0 Å². The van der Waals surface area contributed by atoms with Crippen LogP contribution in [-0.4, -0.2) is 35.8 Å². The highest BCUT2D eigenvalue weighted by atomic mass is 16.2. The first-order valence-electron chi connectivity index (χ1n) is 11.1. The third kappa shape index (κ3) is 5.12. The Morgan fingerprint density at radius 2 is 1.39 bits per heavy atom. The molecule has 0 bridgehead atoms. The number of hydrogen-bond donors (Lipinski definition) is 2. The van der Waals surface area contributed by atoms with Crippen LogP contribution in [0.3, 0.4) is 0 Å². The first-order valence-corrected chi connectivity index (χ1v) is 11.1. The molecule has 0 radical (unpaired) electrons. The largest absolute Gasteiger partial charge is 0.355 e. The van der Waals surface area contributed by atoms with Gasteiger partial charge in [0.15, 0.2) is 5.54 Å². The van der Waals surface area contributed by atoms with E-state index in [1.54, 1.807) is 0 Å². The fraction of sp³-hybridized carbons (Fsp3) is 0.222. The Kier molecular flexibility index (Phi) is 6.83. The van der Waals surface area contributed by atoms with Crippen LogP contribution in [0.2, 0.25) is 0 Å². The summed E-state index contributed by atoms with van der Waals surface area (Å²) in [4.78, 5) is 39.9. The van der Waals surface area contributed by atoms with Crippen LogP contribution in [0.1, 0.15) is 23.1 Å². The minimum atomic E-state index is -1.24. The predicted molar refractivity (Wildman–Crippen MR) is 126 cm³/mol. The Balaban J connectivity index is 1.43. The molecular weight excluding hydrogens is 414 g/mol. The number of hydrogen-bond acceptors (Lipinski definition) is 3. The number of urea groups is 1. The van der Waals surface area contributed by atoms with Gasteiger partial charge >= 0.3 is 6.03 Å². The number of aryl methyl sites for hydroxylation is 1. The molecule has 0 aromatic heterocycles. The van der Waals surface area contributed by atoms with E-state index >= 15 is 0 Å². The van der Waals surface area contributed by atoms with Crippen molar-refractivity contribution in [1.29, 1.82) is 0 Å². The van der Waals surface area contributed by atoms with Gasteiger partial charge in [0.05, 0.1) is 0 Å². The predicted octanol–water partition coefficient (Wildman–Crippen LogP) is 3.43. The quantitative estimate of drug-likeness (QED) is 0.395. The second-order valence-electron chi connectivity index (χ2n) is 8.19. The lowest BCUT2D eigenvalue weighted by Gasteiger charge is -2.27. The zero-order chi connectivity index (χ0) is 23.1. The van der Waals surface area contributed by atoms with Crippen LogP contribution in [0.4, 0.5) is 4.79 Å². The van der Waals surface area contributed by atoms with Crippen molar-refractivity contribution in [3.05, 3.63) is 108 Å². The van der Waals surface area contributed by atoms with E-state index in [0.29, 0.717) is 18.5 Å². The van der Waals surface area contributed by atoms with E-state index in [2.05, 4.69) is 10.6 Å².